The van der Waals surface area contributed by atoms with E-state index in [1.165, 1.54) is 11.9 Å². The third-order valence-electron chi connectivity index (χ3n) is 5.70. The number of nitrogen functional groups attached to an aromatic ring is 1. The third-order valence-corrected chi connectivity index (χ3v) is 5.70. The van der Waals surface area contributed by atoms with Crippen molar-refractivity contribution in [2.24, 2.45) is 5.41 Å². The molecule has 126 valence electrons. The van der Waals surface area contributed by atoms with Crippen molar-refractivity contribution < 1.29 is 9.47 Å². The van der Waals surface area contributed by atoms with Gasteiger partial charge >= 0.3 is 0 Å². The molecule has 1 saturated heterocycles. The van der Waals surface area contributed by atoms with Crippen molar-refractivity contribution in [3.63, 3.8) is 0 Å². The maximum atomic E-state index is 6.31. The number of rotatable bonds is 1. The molecule has 0 amide bonds. The minimum absolute atomic E-state index is 0.0242. The highest BCUT2D eigenvalue weighted by Gasteiger charge is 2.63. The largest absolute Gasteiger partial charge is 0.383 e. The molecule has 1 aliphatic heterocycles. The summed E-state index contributed by atoms with van der Waals surface area (Å²) in [4.78, 5) is 8.55. The molecule has 2 fully saturated rings. The fourth-order valence-electron chi connectivity index (χ4n) is 4.95. The summed E-state index contributed by atoms with van der Waals surface area (Å²) in [5, 5.41) is 0.897. The number of hydrogen-bond donors (Lipinski definition) is 1. The van der Waals surface area contributed by atoms with Crippen molar-refractivity contribution in [3.8, 4) is 0 Å². The molecule has 1 spiro atoms. The molecule has 0 unspecified atom stereocenters. The Kier molecular flexibility index (Phi) is 2.63. The maximum absolute atomic E-state index is 6.31. The summed E-state index contributed by atoms with van der Waals surface area (Å²) in [6.45, 7) is 6.19. The first-order valence-corrected chi connectivity index (χ1v) is 8.50. The number of ether oxygens (including phenoxy) is 2. The van der Waals surface area contributed by atoms with Crippen molar-refractivity contribution in [1.82, 2.24) is 14.5 Å². The second-order valence-corrected chi connectivity index (χ2v) is 7.91. The molecule has 1 saturated carbocycles. The Morgan fingerprint density at radius 3 is 2.83 bits per heavy atom. The lowest BCUT2D eigenvalue weighted by Gasteiger charge is -2.40. The van der Waals surface area contributed by atoms with Crippen molar-refractivity contribution in [1.29, 1.82) is 0 Å². The zero-order valence-electron chi connectivity index (χ0n) is 14.2. The molecule has 5 rings (SSSR count). The zero-order chi connectivity index (χ0) is 16.7. The van der Waals surface area contributed by atoms with E-state index in [0.717, 1.165) is 23.9 Å². The SMILES string of the molecule is CC1=C[C@@]2(C1)C[C@@H](n1ccc3c(N)ncnc31)[C@@H]1OC(C)(C)O[C@@H]12. The van der Waals surface area contributed by atoms with Gasteiger partial charge in [-0.2, -0.15) is 0 Å². The molecule has 24 heavy (non-hydrogen) atoms. The number of fused-ring (bicyclic) bond motifs is 3. The van der Waals surface area contributed by atoms with E-state index >= 15 is 0 Å². The summed E-state index contributed by atoms with van der Waals surface area (Å²) in [6.07, 6.45) is 8.17. The van der Waals surface area contributed by atoms with Gasteiger partial charge in [0.1, 0.15) is 23.9 Å². The van der Waals surface area contributed by atoms with Crippen LogP contribution in [-0.4, -0.2) is 32.5 Å². The topological polar surface area (TPSA) is 75.2 Å². The second-order valence-electron chi connectivity index (χ2n) is 7.91. The van der Waals surface area contributed by atoms with Crippen LogP contribution in [0.1, 0.15) is 39.7 Å². The van der Waals surface area contributed by atoms with Crippen LogP contribution in [0.2, 0.25) is 0 Å². The normalized spacial score (nSPS) is 36.8. The smallest absolute Gasteiger partial charge is 0.163 e. The van der Waals surface area contributed by atoms with E-state index in [9.17, 15) is 0 Å². The quantitative estimate of drug-likeness (QED) is 0.816. The molecular weight excluding hydrogens is 304 g/mol. The molecule has 0 radical (unpaired) electrons. The summed E-state index contributed by atoms with van der Waals surface area (Å²) in [5.41, 5.74) is 8.39. The van der Waals surface area contributed by atoms with Crippen LogP contribution < -0.4 is 5.73 Å². The van der Waals surface area contributed by atoms with Crippen LogP contribution in [0.15, 0.2) is 30.2 Å². The summed E-state index contributed by atoms with van der Waals surface area (Å²) < 4.78 is 14.8. The number of nitrogens with two attached hydrogens (primary N) is 1. The van der Waals surface area contributed by atoms with Crippen molar-refractivity contribution in [2.45, 2.75) is 57.6 Å². The van der Waals surface area contributed by atoms with Gasteiger partial charge in [0, 0.05) is 11.6 Å². The number of aromatic nitrogens is 3. The van der Waals surface area contributed by atoms with E-state index in [1.807, 2.05) is 19.9 Å². The zero-order valence-corrected chi connectivity index (χ0v) is 14.2. The van der Waals surface area contributed by atoms with Crippen molar-refractivity contribution >= 4 is 16.9 Å². The lowest BCUT2D eigenvalue weighted by Crippen LogP contribution is -2.39. The summed E-state index contributed by atoms with van der Waals surface area (Å²) in [6, 6.07) is 2.18. The molecule has 0 bridgehead atoms. The first kappa shape index (κ1) is 14.4. The molecule has 2 aromatic rings. The highest BCUT2D eigenvalue weighted by molar-refractivity contribution is 5.86. The van der Waals surface area contributed by atoms with Crippen LogP contribution in [0.3, 0.4) is 0 Å². The van der Waals surface area contributed by atoms with Crippen molar-refractivity contribution in [3.05, 3.63) is 30.2 Å². The van der Waals surface area contributed by atoms with Gasteiger partial charge in [-0.15, -0.1) is 0 Å². The first-order valence-electron chi connectivity index (χ1n) is 8.50. The van der Waals surface area contributed by atoms with E-state index in [1.54, 1.807) is 0 Å². The molecule has 4 atom stereocenters. The number of nitrogens with zero attached hydrogens (tertiary/aromatic N) is 3. The third kappa shape index (κ3) is 1.78. The van der Waals surface area contributed by atoms with E-state index < -0.39 is 5.79 Å². The molecule has 2 N–H and O–H groups in total. The predicted octanol–water partition coefficient (Wildman–Crippen LogP) is 2.81. The number of allylic oxidation sites excluding steroid dienone is 1. The van der Waals surface area contributed by atoms with Crippen LogP contribution >= 0.6 is 0 Å². The van der Waals surface area contributed by atoms with E-state index in [4.69, 9.17) is 15.2 Å². The summed E-state index contributed by atoms with van der Waals surface area (Å²) in [7, 11) is 0. The van der Waals surface area contributed by atoms with Gasteiger partial charge < -0.3 is 19.8 Å². The van der Waals surface area contributed by atoms with Gasteiger partial charge in [0.15, 0.2) is 5.79 Å². The molecule has 6 nitrogen and oxygen atoms in total. The average molecular weight is 326 g/mol. The van der Waals surface area contributed by atoms with Gasteiger partial charge in [-0.3, -0.25) is 0 Å². The maximum Gasteiger partial charge on any atom is 0.163 e. The second kappa shape index (κ2) is 4.37. The Morgan fingerprint density at radius 1 is 1.29 bits per heavy atom. The van der Waals surface area contributed by atoms with Crippen molar-refractivity contribution in [2.75, 3.05) is 5.73 Å². The molecule has 2 aliphatic carbocycles. The van der Waals surface area contributed by atoms with Crippen LogP contribution in [0.5, 0.6) is 0 Å². The summed E-state index contributed by atoms with van der Waals surface area (Å²) in [5.74, 6) is -0.0266. The van der Waals surface area contributed by atoms with E-state index in [0.29, 0.717) is 5.82 Å². The fraction of sp³-hybridized carbons (Fsp3) is 0.556. The van der Waals surface area contributed by atoms with E-state index in [2.05, 4.69) is 33.7 Å². The standard InChI is InChI=1S/C18H22N4O2/c1-10-6-18(7-10)8-12(13-14(18)24-17(2,3)23-13)22-5-4-11-15(19)20-9-21-16(11)22/h4-6,9,12-14H,7-8H2,1-3H3,(H2,19,20,21)/t12-,13+,14+,18-/m1/s1. The van der Waals surface area contributed by atoms with Gasteiger partial charge in [0.25, 0.3) is 0 Å². The van der Waals surface area contributed by atoms with E-state index in [-0.39, 0.29) is 23.7 Å². The Hall–Kier alpha value is -1.92. The Labute approximate surface area is 140 Å². The van der Waals surface area contributed by atoms with Gasteiger partial charge in [-0.25, -0.2) is 9.97 Å². The number of hydrogen-bond acceptors (Lipinski definition) is 5. The lowest BCUT2D eigenvalue weighted by atomic mass is 9.68. The Balaban J connectivity index is 1.62. The monoisotopic (exact) mass is 326 g/mol. The molecular formula is C18H22N4O2. The Bertz CT molecular complexity index is 871. The molecule has 3 aliphatic rings. The lowest BCUT2D eigenvalue weighted by molar-refractivity contribution is -0.166. The first-order chi connectivity index (χ1) is 11.4. The number of anilines is 1. The van der Waals surface area contributed by atoms with Gasteiger partial charge in [0.2, 0.25) is 0 Å². The molecule has 0 aromatic carbocycles. The van der Waals surface area contributed by atoms with Gasteiger partial charge in [0.05, 0.1) is 17.5 Å². The highest BCUT2D eigenvalue weighted by Crippen LogP contribution is 2.60. The van der Waals surface area contributed by atoms with Crippen LogP contribution in [0.25, 0.3) is 11.0 Å². The minimum atomic E-state index is -0.546. The highest BCUT2D eigenvalue weighted by atomic mass is 16.8. The summed E-state index contributed by atoms with van der Waals surface area (Å²) >= 11 is 0. The minimum Gasteiger partial charge on any atom is -0.383 e. The Morgan fingerprint density at radius 2 is 2.08 bits per heavy atom. The molecule has 3 heterocycles. The predicted molar refractivity (Wildman–Crippen MR) is 90.2 cm³/mol. The van der Waals surface area contributed by atoms with Crippen LogP contribution in [0.4, 0.5) is 5.82 Å². The van der Waals surface area contributed by atoms with Crippen LogP contribution in [0, 0.1) is 5.41 Å². The molecule has 2 aromatic heterocycles. The molecule has 6 heteroatoms. The van der Waals surface area contributed by atoms with Gasteiger partial charge in [-0.05, 0) is 39.7 Å². The van der Waals surface area contributed by atoms with Gasteiger partial charge in [-0.1, -0.05) is 11.6 Å². The average Bonchev–Trinajstić information content (AvgIpc) is 3.11. The fourth-order valence-corrected chi connectivity index (χ4v) is 4.95. The van der Waals surface area contributed by atoms with Crippen LogP contribution in [-0.2, 0) is 9.47 Å².